The fourth-order valence-electron chi connectivity index (χ4n) is 6.09. The molecule has 0 radical (unpaired) electrons. The standard InChI is InChI=1S/C24H35N3O5S/c1-5-15-6-7-26(11-15)22(29)17-9-16(10-25-17)33-21-14(4)19-18(12(2)8-13(3)28)23(30)27(19)20(21)24(31)32/h12,14-19,25H,5-11H2,1-4H3,(H,31,32)/t12-,14+,15+,16-,17-,18+,19+/m0/s1. The van der Waals surface area contributed by atoms with E-state index in [1.54, 1.807) is 0 Å². The van der Waals surface area contributed by atoms with Crippen LogP contribution >= 0.6 is 11.8 Å². The van der Waals surface area contributed by atoms with E-state index in [-0.39, 0.29) is 58.4 Å². The number of carbonyl (C=O) groups is 4. The number of amides is 2. The molecular weight excluding hydrogens is 442 g/mol. The van der Waals surface area contributed by atoms with E-state index in [0.29, 0.717) is 25.3 Å². The zero-order valence-corrected chi connectivity index (χ0v) is 20.7. The van der Waals surface area contributed by atoms with Crippen molar-refractivity contribution in [2.45, 2.75) is 70.7 Å². The molecule has 182 valence electrons. The Bertz CT molecular complexity index is 889. The van der Waals surface area contributed by atoms with Crippen LogP contribution in [0.5, 0.6) is 0 Å². The third-order valence-electron chi connectivity index (χ3n) is 7.87. The van der Waals surface area contributed by atoms with Gasteiger partial charge in [0.15, 0.2) is 0 Å². The van der Waals surface area contributed by atoms with Crippen molar-refractivity contribution in [2.75, 3.05) is 19.6 Å². The van der Waals surface area contributed by atoms with Gasteiger partial charge >= 0.3 is 5.97 Å². The maximum Gasteiger partial charge on any atom is 0.353 e. The first-order valence-corrected chi connectivity index (χ1v) is 13.0. The van der Waals surface area contributed by atoms with E-state index in [2.05, 4.69) is 12.2 Å². The van der Waals surface area contributed by atoms with Gasteiger partial charge in [-0.1, -0.05) is 27.2 Å². The molecule has 3 saturated heterocycles. The second-order valence-corrected chi connectivity index (χ2v) is 11.5. The molecule has 7 atom stereocenters. The average molecular weight is 478 g/mol. The Kier molecular flexibility index (Phi) is 6.92. The lowest BCUT2D eigenvalue weighted by Gasteiger charge is -2.47. The minimum atomic E-state index is -1.08. The van der Waals surface area contributed by atoms with Gasteiger partial charge in [0.1, 0.15) is 11.5 Å². The molecule has 0 aromatic carbocycles. The number of aliphatic carboxylic acids is 1. The fourth-order valence-corrected chi connectivity index (χ4v) is 7.57. The van der Waals surface area contributed by atoms with Crippen LogP contribution in [0.4, 0.5) is 0 Å². The number of β-lactam (4-membered cyclic amide) rings is 1. The van der Waals surface area contributed by atoms with Crippen molar-refractivity contribution in [2.24, 2.45) is 23.7 Å². The van der Waals surface area contributed by atoms with E-state index < -0.39 is 5.97 Å². The molecule has 2 amide bonds. The molecule has 0 saturated carbocycles. The number of carboxylic acids is 1. The van der Waals surface area contributed by atoms with E-state index in [1.165, 1.54) is 23.6 Å². The molecule has 4 aliphatic heterocycles. The quantitative estimate of drug-likeness (QED) is 0.516. The van der Waals surface area contributed by atoms with E-state index >= 15 is 0 Å². The number of fused-ring (bicyclic) bond motifs is 1. The summed E-state index contributed by atoms with van der Waals surface area (Å²) in [5.41, 5.74) is 0.0916. The number of rotatable bonds is 8. The lowest BCUT2D eigenvalue weighted by atomic mass is 9.73. The molecule has 2 N–H and O–H groups in total. The highest BCUT2D eigenvalue weighted by Crippen LogP contribution is 2.53. The number of likely N-dealkylation sites (tertiary alicyclic amines) is 1. The number of carbonyl (C=O) groups excluding carboxylic acids is 3. The monoisotopic (exact) mass is 477 g/mol. The van der Waals surface area contributed by atoms with Crippen LogP contribution in [0, 0.1) is 23.7 Å². The third-order valence-corrected chi connectivity index (χ3v) is 9.38. The van der Waals surface area contributed by atoms with Crippen LogP contribution in [-0.2, 0) is 19.2 Å². The van der Waals surface area contributed by atoms with E-state index in [9.17, 15) is 24.3 Å². The number of thioether (sulfide) groups is 1. The van der Waals surface area contributed by atoms with Gasteiger partial charge in [-0.2, -0.15) is 0 Å². The van der Waals surface area contributed by atoms with Crippen LogP contribution in [0.1, 0.15) is 53.4 Å². The van der Waals surface area contributed by atoms with Crippen molar-refractivity contribution in [3.05, 3.63) is 10.6 Å². The van der Waals surface area contributed by atoms with Crippen molar-refractivity contribution in [1.82, 2.24) is 15.1 Å². The lowest BCUT2D eigenvalue weighted by Crippen LogP contribution is -2.62. The molecule has 9 heteroatoms. The molecule has 0 unspecified atom stereocenters. The van der Waals surface area contributed by atoms with Gasteiger partial charge in [0.05, 0.1) is 18.0 Å². The molecule has 4 rings (SSSR count). The van der Waals surface area contributed by atoms with Crippen LogP contribution in [0.2, 0.25) is 0 Å². The highest BCUT2D eigenvalue weighted by Gasteiger charge is 2.60. The summed E-state index contributed by atoms with van der Waals surface area (Å²) in [5.74, 6) is -1.03. The first-order chi connectivity index (χ1) is 15.6. The predicted molar refractivity (Wildman–Crippen MR) is 125 cm³/mol. The summed E-state index contributed by atoms with van der Waals surface area (Å²) < 4.78 is 0. The molecule has 0 aromatic rings. The van der Waals surface area contributed by atoms with Crippen molar-refractivity contribution in [3.8, 4) is 0 Å². The first-order valence-electron chi connectivity index (χ1n) is 12.1. The maximum absolute atomic E-state index is 13.0. The van der Waals surface area contributed by atoms with Gasteiger partial charge in [0.25, 0.3) is 0 Å². The third kappa shape index (κ3) is 4.34. The Balaban J connectivity index is 1.43. The minimum absolute atomic E-state index is 0.0383. The predicted octanol–water partition coefficient (Wildman–Crippen LogP) is 2.10. The highest BCUT2D eigenvalue weighted by atomic mass is 32.2. The summed E-state index contributed by atoms with van der Waals surface area (Å²) in [4.78, 5) is 53.7. The Morgan fingerprint density at radius 1 is 1.30 bits per heavy atom. The second kappa shape index (κ2) is 9.41. The minimum Gasteiger partial charge on any atom is -0.477 e. The number of hydrogen-bond donors (Lipinski definition) is 2. The Morgan fingerprint density at radius 2 is 2.03 bits per heavy atom. The van der Waals surface area contributed by atoms with Crippen LogP contribution in [0.25, 0.3) is 0 Å². The average Bonchev–Trinajstić information content (AvgIpc) is 3.46. The number of hydrogen-bond acceptors (Lipinski definition) is 6. The molecule has 33 heavy (non-hydrogen) atoms. The summed E-state index contributed by atoms with van der Waals surface area (Å²) in [6, 6.07) is -0.437. The van der Waals surface area contributed by atoms with E-state index in [0.717, 1.165) is 30.8 Å². The van der Waals surface area contributed by atoms with Gasteiger partial charge in [0, 0.05) is 42.1 Å². The summed E-state index contributed by atoms with van der Waals surface area (Å²) in [6.07, 6.45) is 3.13. The summed E-state index contributed by atoms with van der Waals surface area (Å²) in [7, 11) is 0. The first kappa shape index (κ1) is 24.3. The molecule has 3 fully saturated rings. The van der Waals surface area contributed by atoms with Gasteiger partial charge < -0.3 is 25.0 Å². The number of ketones is 1. The molecule has 0 spiro atoms. The smallest absolute Gasteiger partial charge is 0.353 e. The van der Waals surface area contributed by atoms with Crippen LogP contribution in [0.3, 0.4) is 0 Å². The Labute approximate surface area is 199 Å². The highest BCUT2D eigenvalue weighted by molar-refractivity contribution is 8.03. The Hall–Kier alpha value is -1.87. The number of carboxylic acid groups (broad SMARTS) is 1. The molecule has 8 nitrogen and oxygen atoms in total. The molecule has 4 heterocycles. The number of nitrogens with zero attached hydrogens (tertiary/aromatic N) is 2. The molecule has 0 bridgehead atoms. The van der Waals surface area contributed by atoms with Gasteiger partial charge in [-0.25, -0.2) is 4.79 Å². The number of Topliss-reactive ketones (excluding diaryl/α,β-unsaturated/α-hetero) is 1. The van der Waals surface area contributed by atoms with Gasteiger partial charge in [-0.3, -0.25) is 9.59 Å². The molecular formula is C24H35N3O5S. The molecule has 4 aliphatic rings. The normalized spacial score (nSPS) is 34.5. The van der Waals surface area contributed by atoms with Crippen LogP contribution in [0.15, 0.2) is 10.6 Å². The van der Waals surface area contributed by atoms with Crippen LogP contribution in [-0.4, -0.2) is 75.4 Å². The van der Waals surface area contributed by atoms with Crippen molar-refractivity contribution in [1.29, 1.82) is 0 Å². The van der Waals surface area contributed by atoms with Gasteiger partial charge in [0.2, 0.25) is 11.8 Å². The van der Waals surface area contributed by atoms with E-state index in [4.69, 9.17) is 0 Å². The number of nitrogens with one attached hydrogen (secondary N) is 1. The fraction of sp³-hybridized carbons (Fsp3) is 0.750. The van der Waals surface area contributed by atoms with Crippen molar-refractivity contribution >= 4 is 35.3 Å². The summed E-state index contributed by atoms with van der Waals surface area (Å²) in [5, 5.41) is 13.3. The van der Waals surface area contributed by atoms with Crippen molar-refractivity contribution in [3.63, 3.8) is 0 Å². The topological polar surface area (TPSA) is 107 Å². The van der Waals surface area contributed by atoms with Crippen molar-refractivity contribution < 1.29 is 24.3 Å². The molecule has 0 aromatic heterocycles. The zero-order chi connectivity index (χ0) is 24.0. The summed E-state index contributed by atoms with van der Waals surface area (Å²) >= 11 is 1.51. The molecule has 0 aliphatic carbocycles. The van der Waals surface area contributed by atoms with Gasteiger partial charge in [-0.15, -0.1) is 11.8 Å². The van der Waals surface area contributed by atoms with Gasteiger partial charge in [-0.05, 0) is 31.6 Å². The maximum atomic E-state index is 13.0. The SMILES string of the molecule is CC[C@@H]1CCN(C(=O)[C@@H]2C[C@H](SC3=C(C(=O)O)N4C(=O)[C@H]([C@@H](C)CC(C)=O)[C@H]4[C@H]3C)CN2)C1. The Morgan fingerprint density at radius 3 is 2.64 bits per heavy atom. The second-order valence-electron chi connectivity index (χ2n) is 10.2. The van der Waals surface area contributed by atoms with Crippen LogP contribution < -0.4 is 5.32 Å². The van der Waals surface area contributed by atoms with E-state index in [1.807, 2.05) is 18.7 Å². The largest absolute Gasteiger partial charge is 0.477 e. The lowest BCUT2D eigenvalue weighted by molar-refractivity contribution is -0.160. The summed E-state index contributed by atoms with van der Waals surface area (Å²) in [6.45, 7) is 9.85. The zero-order valence-electron chi connectivity index (χ0n) is 19.9.